The molecule has 0 saturated heterocycles. The number of rotatable bonds is 6. The Kier molecular flexibility index (Phi) is 5.84. The lowest BCUT2D eigenvalue weighted by Crippen LogP contribution is -2.31. The zero-order chi connectivity index (χ0) is 15.9. The van der Waals surface area contributed by atoms with Crippen LogP contribution in [0.25, 0.3) is 0 Å². The van der Waals surface area contributed by atoms with Crippen molar-refractivity contribution in [1.29, 1.82) is 0 Å². The van der Waals surface area contributed by atoms with Gasteiger partial charge in [0.15, 0.2) is 6.61 Å². The Balaban J connectivity index is 1.77. The van der Waals surface area contributed by atoms with Crippen LogP contribution in [0.5, 0.6) is 5.75 Å². The molecule has 1 N–H and O–H groups in total. The lowest BCUT2D eigenvalue weighted by Gasteiger charge is -2.13. The van der Waals surface area contributed by atoms with Crippen molar-refractivity contribution in [3.63, 3.8) is 0 Å². The molecule has 0 bridgehead atoms. The number of aryl methyl sites for hydroxylation is 1. The summed E-state index contributed by atoms with van der Waals surface area (Å²) in [6.07, 6.45) is 0. The van der Waals surface area contributed by atoms with Gasteiger partial charge in [-0.05, 0) is 42.2 Å². The number of ether oxygens (including phenoxy) is 1. The van der Waals surface area contributed by atoms with Gasteiger partial charge in [0, 0.05) is 11.6 Å². The molecule has 1 atom stereocenters. The summed E-state index contributed by atoms with van der Waals surface area (Å²) in [5, 5.41) is 3.58. The number of carbonyl (C=O) groups is 1. The zero-order valence-electron chi connectivity index (χ0n) is 12.8. The van der Waals surface area contributed by atoms with E-state index in [0.717, 1.165) is 5.56 Å². The predicted octanol–water partition coefficient (Wildman–Crippen LogP) is 3.95. The van der Waals surface area contributed by atoms with Crippen LogP contribution in [-0.4, -0.2) is 19.1 Å². The Morgan fingerprint density at radius 2 is 1.95 bits per heavy atom. The van der Waals surface area contributed by atoms with Crippen molar-refractivity contribution < 1.29 is 9.53 Å². The number of hydrogen-bond donors (Lipinski definition) is 1. The highest BCUT2D eigenvalue weighted by Crippen LogP contribution is 2.20. The van der Waals surface area contributed by atoms with E-state index >= 15 is 0 Å². The molecule has 4 heteroatoms. The Morgan fingerprint density at radius 3 is 2.64 bits per heavy atom. The molecule has 2 aromatic carbocycles. The Labute approximate surface area is 136 Å². The Morgan fingerprint density at radius 1 is 1.23 bits per heavy atom. The summed E-state index contributed by atoms with van der Waals surface area (Å²) in [5.41, 5.74) is 2.13. The zero-order valence-corrected chi connectivity index (χ0v) is 13.6. The summed E-state index contributed by atoms with van der Waals surface area (Å²) in [4.78, 5) is 11.8. The van der Waals surface area contributed by atoms with Crippen molar-refractivity contribution in [1.82, 2.24) is 5.32 Å². The van der Waals surface area contributed by atoms with Gasteiger partial charge in [0.2, 0.25) is 0 Å². The average Bonchev–Trinajstić information content (AvgIpc) is 2.54. The minimum Gasteiger partial charge on any atom is -0.484 e. The highest BCUT2D eigenvalue weighted by Gasteiger charge is 2.08. The molecule has 0 aliphatic rings. The number of nitrogens with one attached hydrogen (secondary N) is 1. The van der Waals surface area contributed by atoms with E-state index < -0.39 is 0 Å². The molecule has 0 radical (unpaired) electrons. The van der Waals surface area contributed by atoms with Crippen molar-refractivity contribution in [3.8, 4) is 5.75 Å². The molecular formula is C18H20ClNO2. The maximum Gasteiger partial charge on any atom is 0.257 e. The maximum atomic E-state index is 11.8. The van der Waals surface area contributed by atoms with E-state index in [1.54, 1.807) is 12.1 Å². The van der Waals surface area contributed by atoms with Crippen LogP contribution in [-0.2, 0) is 4.79 Å². The number of hydrogen-bond acceptors (Lipinski definition) is 2. The molecule has 0 unspecified atom stereocenters. The highest BCUT2D eigenvalue weighted by atomic mass is 35.5. The fourth-order valence-corrected chi connectivity index (χ4v) is 2.19. The Bertz CT molecular complexity index is 628. The third kappa shape index (κ3) is 4.78. The van der Waals surface area contributed by atoms with Crippen molar-refractivity contribution in [2.75, 3.05) is 13.2 Å². The smallest absolute Gasteiger partial charge is 0.257 e. The molecule has 2 rings (SSSR count). The molecular weight excluding hydrogens is 298 g/mol. The molecule has 0 aromatic heterocycles. The summed E-state index contributed by atoms with van der Waals surface area (Å²) >= 11 is 5.95. The first-order chi connectivity index (χ1) is 10.6. The standard InChI is InChI=1S/C18H20ClNO2/c1-13-10-16(8-9-17(13)19)22-12-18(21)20-11-14(2)15-6-4-3-5-7-15/h3-10,14H,11-12H2,1-2H3,(H,20,21)/t14-/m1/s1. The summed E-state index contributed by atoms with van der Waals surface area (Å²) in [5.74, 6) is 0.784. The molecule has 0 fully saturated rings. The predicted molar refractivity (Wildman–Crippen MR) is 89.6 cm³/mol. The molecule has 3 nitrogen and oxygen atoms in total. The molecule has 22 heavy (non-hydrogen) atoms. The van der Waals surface area contributed by atoms with Crippen molar-refractivity contribution in [3.05, 3.63) is 64.7 Å². The summed E-state index contributed by atoms with van der Waals surface area (Å²) < 4.78 is 5.47. The number of carbonyl (C=O) groups excluding carboxylic acids is 1. The molecule has 2 aromatic rings. The van der Waals surface area contributed by atoms with Crippen molar-refractivity contribution >= 4 is 17.5 Å². The van der Waals surface area contributed by atoms with Gasteiger partial charge in [0.25, 0.3) is 5.91 Å². The van der Waals surface area contributed by atoms with Gasteiger partial charge in [-0.1, -0.05) is 48.9 Å². The van der Waals surface area contributed by atoms with E-state index in [1.165, 1.54) is 5.56 Å². The van der Waals surface area contributed by atoms with Gasteiger partial charge in [-0.2, -0.15) is 0 Å². The fourth-order valence-electron chi connectivity index (χ4n) is 2.07. The summed E-state index contributed by atoms with van der Waals surface area (Å²) in [6.45, 7) is 4.57. The number of halogens is 1. The van der Waals surface area contributed by atoms with Crippen molar-refractivity contribution in [2.24, 2.45) is 0 Å². The van der Waals surface area contributed by atoms with Crippen LogP contribution in [0.3, 0.4) is 0 Å². The molecule has 0 aliphatic carbocycles. The Hall–Kier alpha value is -2.00. The maximum absolute atomic E-state index is 11.8. The second kappa shape index (κ2) is 7.85. The van der Waals surface area contributed by atoms with Crippen LogP contribution in [0.4, 0.5) is 0 Å². The lowest BCUT2D eigenvalue weighted by molar-refractivity contribution is -0.123. The quantitative estimate of drug-likeness (QED) is 0.876. The first-order valence-corrected chi connectivity index (χ1v) is 7.64. The van der Waals surface area contributed by atoms with E-state index in [-0.39, 0.29) is 18.4 Å². The van der Waals surface area contributed by atoms with Crippen LogP contribution < -0.4 is 10.1 Å². The first kappa shape index (κ1) is 16.4. The van der Waals surface area contributed by atoms with Crippen LogP contribution in [0, 0.1) is 6.92 Å². The highest BCUT2D eigenvalue weighted by molar-refractivity contribution is 6.31. The van der Waals surface area contributed by atoms with E-state index in [4.69, 9.17) is 16.3 Å². The molecule has 0 heterocycles. The minimum absolute atomic E-state index is 0.00256. The van der Waals surface area contributed by atoms with Gasteiger partial charge in [0.1, 0.15) is 5.75 Å². The van der Waals surface area contributed by atoms with E-state index in [2.05, 4.69) is 24.4 Å². The monoisotopic (exact) mass is 317 g/mol. The average molecular weight is 318 g/mol. The third-order valence-corrected chi connectivity index (χ3v) is 3.90. The summed E-state index contributed by atoms with van der Waals surface area (Å²) in [7, 11) is 0. The minimum atomic E-state index is -0.129. The molecule has 0 aliphatic heterocycles. The van der Waals surface area contributed by atoms with Gasteiger partial charge >= 0.3 is 0 Å². The van der Waals surface area contributed by atoms with Crippen molar-refractivity contribution in [2.45, 2.75) is 19.8 Å². The van der Waals surface area contributed by atoms with Gasteiger partial charge in [-0.3, -0.25) is 4.79 Å². The molecule has 0 spiro atoms. The van der Waals surface area contributed by atoms with Gasteiger partial charge in [0.05, 0.1) is 0 Å². The molecule has 116 valence electrons. The first-order valence-electron chi connectivity index (χ1n) is 7.27. The van der Waals surface area contributed by atoms with E-state index in [1.807, 2.05) is 31.2 Å². The lowest BCUT2D eigenvalue weighted by atomic mass is 10.0. The topological polar surface area (TPSA) is 38.3 Å². The summed E-state index contributed by atoms with van der Waals surface area (Å²) in [6, 6.07) is 15.4. The van der Waals surface area contributed by atoms with E-state index in [0.29, 0.717) is 17.3 Å². The second-order valence-corrected chi connectivity index (χ2v) is 5.72. The van der Waals surface area contributed by atoms with Gasteiger partial charge in [-0.15, -0.1) is 0 Å². The molecule has 1 amide bonds. The normalized spacial score (nSPS) is 11.8. The van der Waals surface area contributed by atoms with Gasteiger partial charge in [-0.25, -0.2) is 0 Å². The van der Waals surface area contributed by atoms with Crippen LogP contribution in [0.15, 0.2) is 48.5 Å². The van der Waals surface area contributed by atoms with Crippen LogP contribution in [0.1, 0.15) is 24.0 Å². The van der Waals surface area contributed by atoms with Crippen LogP contribution in [0.2, 0.25) is 5.02 Å². The largest absolute Gasteiger partial charge is 0.484 e. The second-order valence-electron chi connectivity index (χ2n) is 5.32. The SMILES string of the molecule is Cc1cc(OCC(=O)NC[C@@H](C)c2ccccc2)ccc1Cl. The van der Waals surface area contributed by atoms with Crippen LogP contribution >= 0.6 is 11.6 Å². The third-order valence-electron chi connectivity index (χ3n) is 3.47. The molecule has 0 saturated carbocycles. The number of amides is 1. The number of benzene rings is 2. The van der Waals surface area contributed by atoms with E-state index in [9.17, 15) is 4.79 Å². The fraction of sp³-hybridized carbons (Fsp3) is 0.278. The van der Waals surface area contributed by atoms with Gasteiger partial charge < -0.3 is 10.1 Å².